The summed E-state index contributed by atoms with van der Waals surface area (Å²) in [7, 11) is 0. The standard InChI is InChI=1S/C9H8NO/c10-9(11)7-6-8-4-2-1-3-5-8/h1-4,6-7H,(H2,10,11)/b7-6+. The molecule has 1 amide bonds. The molecular formula is C9H8NO. The fourth-order valence-electron chi connectivity index (χ4n) is 0.683. The highest BCUT2D eigenvalue weighted by atomic mass is 16.1. The number of primary amides is 1. The van der Waals surface area contributed by atoms with E-state index < -0.39 is 5.91 Å². The lowest BCUT2D eigenvalue weighted by Gasteiger charge is -1.87. The summed E-state index contributed by atoms with van der Waals surface area (Å²) in [6.07, 6.45) is 2.94. The van der Waals surface area contributed by atoms with Gasteiger partial charge in [-0.15, -0.1) is 0 Å². The Morgan fingerprint density at radius 3 is 2.91 bits per heavy atom. The van der Waals surface area contributed by atoms with E-state index >= 15 is 0 Å². The molecule has 1 aromatic carbocycles. The fourth-order valence-corrected chi connectivity index (χ4v) is 0.683. The molecule has 1 radical (unpaired) electrons. The van der Waals surface area contributed by atoms with Crippen LogP contribution in [0.4, 0.5) is 0 Å². The number of carbonyl (C=O) groups excluding carboxylic acids is 1. The van der Waals surface area contributed by atoms with Gasteiger partial charge in [0.15, 0.2) is 0 Å². The Bertz CT molecular complexity index is 264. The van der Waals surface area contributed by atoms with Gasteiger partial charge >= 0.3 is 0 Å². The van der Waals surface area contributed by atoms with E-state index in [1.54, 1.807) is 12.1 Å². The molecule has 0 atom stereocenters. The number of carbonyl (C=O) groups is 1. The van der Waals surface area contributed by atoms with Crippen molar-refractivity contribution in [2.24, 2.45) is 5.73 Å². The molecule has 0 aliphatic carbocycles. The van der Waals surface area contributed by atoms with Crippen molar-refractivity contribution in [3.8, 4) is 0 Å². The molecule has 1 rings (SSSR count). The van der Waals surface area contributed by atoms with E-state index in [2.05, 4.69) is 6.07 Å². The Morgan fingerprint density at radius 2 is 2.36 bits per heavy atom. The topological polar surface area (TPSA) is 43.1 Å². The van der Waals surface area contributed by atoms with Gasteiger partial charge in [-0.25, -0.2) is 0 Å². The molecule has 0 aromatic heterocycles. The van der Waals surface area contributed by atoms with Crippen molar-refractivity contribution in [3.63, 3.8) is 0 Å². The van der Waals surface area contributed by atoms with Crippen molar-refractivity contribution in [2.75, 3.05) is 0 Å². The zero-order chi connectivity index (χ0) is 8.10. The van der Waals surface area contributed by atoms with Gasteiger partial charge in [0.2, 0.25) is 5.91 Å². The summed E-state index contributed by atoms with van der Waals surface area (Å²) in [4.78, 5) is 10.3. The van der Waals surface area contributed by atoms with Gasteiger partial charge in [-0.3, -0.25) is 4.79 Å². The SMILES string of the molecule is NC(=O)/C=C/c1[c]cccc1. The Morgan fingerprint density at radius 1 is 1.55 bits per heavy atom. The van der Waals surface area contributed by atoms with Gasteiger partial charge in [0.05, 0.1) is 0 Å². The van der Waals surface area contributed by atoms with Crippen LogP contribution >= 0.6 is 0 Å². The van der Waals surface area contributed by atoms with Gasteiger partial charge in [0.25, 0.3) is 0 Å². The second-order valence-corrected chi connectivity index (χ2v) is 2.05. The highest BCUT2D eigenvalue weighted by Crippen LogP contribution is 1.98. The first-order valence-electron chi connectivity index (χ1n) is 3.23. The molecule has 0 saturated heterocycles. The molecule has 0 fully saturated rings. The summed E-state index contributed by atoms with van der Waals surface area (Å²) >= 11 is 0. The zero-order valence-electron chi connectivity index (χ0n) is 5.95. The third-order valence-corrected chi connectivity index (χ3v) is 1.16. The highest BCUT2D eigenvalue weighted by Gasteiger charge is 1.84. The van der Waals surface area contributed by atoms with Crippen LogP contribution in [-0.4, -0.2) is 5.91 Å². The van der Waals surface area contributed by atoms with Gasteiger partial charge in [-0.1, -0.05) is 24.3 Å². The molecule has 0 unspecified atom stereocenters. The van der Waals surface area contributed by atoms with E-state index in [1.807, 2.05) is 18.2 Å². The number of nitrogens with two attached hydrogens (primary N) is 1. The van der Waals surface area contributed by atoms with Crippen molar-refractivity contribution < 1.29 is 4.79 Å². The summed E-state index contributed by atoms with van der Waals surface area (Å²) < 4.78 is 0. The first-order chi connectivity index (χ1) is 5.29. The van der Waals surface area contributed by atoms with Crippen molar-refractivity contribution in [2.45, 2.75) is 0 Å². The summed E-state index contributed by atoms with van der Waals surface area (Å²) in [5.41, 5.74) is 5.75. The van der Waals surface area contributed by atoms with Crippen LogP contribution in [0.5, 0.6) is 0 Å². The van der Waals surface area contributed by atoms with Crippen LogP contribution in [0, 0.1) is 6.07 Å². The molecule has 2 nitrogen and oxygen atoms in total. The largest absolute Gasteiger partial charge is 0.366 e. The van der Waals surface area contributed by atoms with Crippen molar-refractivity contribution >= 4 is 12.0 Å². The molecule has 2 N–H and O–H groups in total. The average Bonchev–Trinajstić information content (AvgIpc) is 2.03. The van der Waals surface area contributed by atoms with E-state index in [0.717, 1.165) is 5.56 Å². The van der Waals surface area contributed by atoms with Crippen LogP contribution in [0.3, 0.4) is 0 Å². The second kappa shape index (κ2) is 3.56. The number of rotatable bonds is 2. The average molecular weight is 146 g/mol. The van der Waals surface area contributed by atoms with Gasteiger partial charge in [0.1, 0.15) is 0 Å². The molecule has 11 heavy (non-hydrogen) atoms. The lowest BCUT2D eigenvalue weighted by molar-refractivity contribution is -0.113. The summed E-state index contributed by atoms with van der Waals surface area (Å²) in [5.74, 6) is -0.442. The highest BCUT2D eigenvalue weighted by molar-refractivity contribution is 5.90. The molecule has 1 aromatic rings. The number of benzene rings is 1. The van der Waals surface area contributed by atoms with E-state index in [1.165, 1.54) is 6.08 Å². The minimum atomic E-state index is -0.442. The monoisotopic (exact) mass is 146 g/mol. The van der Waals surface area contributed by atoms with Crippen molar-refractivity contribution in [1.82, 2.24) is 0 Å². The molecular weight excluding hydrogens is 138 g/mol. The molecule has 0 bridgehead atoms. The molecule has 55 valence electrons. The predicted molar refractivity (Wildman–Crippen MR) is 43.5 cm³/mol. The molecule has 0 saturated carbocycles. The quantitative estimate of drug-likeness (QED) is 0.621. The summed E-state index contributed by atoms with van der Waals surface area (Å²) in [5, 5.41) is 0. The molecule has 0 aliphatic heterocycles. The van der Waals surface area contributed by atoms with E-state index in [4.69, 9.17) is 5.73 Å². The fraction of sp³-hybridized carbons (Fsp3) is 0. The van der Waals surface area contributed by atoms with Gasteiger partial charge in [-0.05, 0) is 17.7 Å². The molecule has 2 heteroatoms. The number of hydrogen-bond donors (Lipinski definition) is 1. The number of hydrogen-bond acceptors (Lipinski definition) is 1. The smallest absolute Gasteiger partial charge is 0.241 e. The van der Waals surface area contributed by atoms with Crippen molar-refractivity contribution in [3.05, 3.63) is 42.0 Å². The Balaban J connectivity index is 2.72. The molecule has 0 spiro atoms. The minimum Gasteiger partial charge on any atom is -0.366 e. The lowest BCUT2D eigenvalue weighted by atomic mass is 10.2. The van der Waals surface area contributed by atoms with Crippen LogP contribution in [0.25, 0.3) is 6.08 Å². The van der Waals surface area contributed by atoms with Crippen LogP contribution < -0.4 is 5.73 Å². The minimum absolute atomic E-state index is 0.442. The lowest BCUT2D eigenvalue weighted by Crippen LogP contribution is -2.04. The maximum atomic E-state index is 10.3. The van der Waals surface area contributed by atoms with Crippen LogP contribution in [0.2, 0.25) is 0 Å². The Labute approximate surface area is 65.3 Å². The first kappa shape index (κ1) is 7.54. The Kier molecular flexibility index (Phi) is 2.44. The normalized spacial score (nSPS) is 10.2. The predicted octanol–water partition coefficient (Wildman–Crippen LogP) is 0.985. The Hall–Kier alpha value is -1.57. The van der Waals surface area contributed by atoms with E-state index in [9.17, 15) is 4.79 Å². The van der Waals surface area contributed by atoms with Crippen LogP contribution in [0.1, 0.15) is 5.56 Å². The van der Waals surface area contributed by atoms with Gasteiger partial charge < -0.3 is 5.73 Å². The van der Waals surface area contributed by atoms with E-state index in [0.29, 0.717) is 0 Å². The summed E-state index contributed by atoms with van der Waals surface area (Å²) in [6.45, 7) is 0. The maximum Gasteiger partial charge on any atom is 0.241 e. The van der Waals surface area contributed by atoms with Crippen LogP contribution in [0.15, 0.2) is 30.3 Å². The zero-order valence-corrected chi connectivity index (χ0v) is 5.95. The van der Waals surface area contributed by atoms with Crippen LogP contribution in [-0.2, 0) is 4.79 Å². The second-order valence-electron chi connectivity index (χ2n) is 2.05. The first-order valence-corrected chi connectivity index (χ1v) is 3.23. The third-order valence-electron chi connectivity index (χ3n) is 1.16. The van der Waals surface area contributed by atoms with Crippen molar-refractivity contribution in [1.29, 1.82) is 0 Å². The van der Waals surface area contributed by atoms with E-state index in [-0.39, 0.29) is 0 Å². The number of amides is 1. The summed E-state index contributed by atoms with van der Waals surface area (Å²) in [6, 6.07) is 10.3. The van der Waals surface area contributed by atoms with Gasteiger partial charge in [0, 0.05) is 6.08 Å². The molecule has 0 heterocycles. The maximum absolute atomic E-state index is 10.3. The third kappa shape index (κ3) is 2.67. The molecule has 0 aliphatic rings. The van der Waals surface area contributed by atoms with Gasteiger partial charge in [-0.2, -0.15) is 0 Å².